The van der Waals surface area contributed by atoms with Gasteiger partial charge in [-0.3, -0.25) is 0 Å². The van der Waals surface area contributed by atoms with Gasteiger partial charge in [0.15, 0.2) is 0 Å². The van der Waals surface area contributed by atoms with Gasteiger partial charge in [0, 0.05) is 22.4 Å². The summed E-state index contributed by atoms with van der Waals surface area (Å²) in [5.41, 5.74) is 0. The van der Waals surface area contributed by atoms with E-state index in [1.807, 2.05) is 0 Å². The second-order valence-corrected chi connectivity index (χ2v) is 0.100. The Morgan fingerprint density at radius 1 is 1.43 bits per heavy atom. The monoisotopic (exact) mass is 283 g/mol. The third kappa shape index (κ3) is 1670. The third-order valence-corrected chi connectivity index (χ3v) is 0. The quantitative estimate of drug-likeness (QED) is 0.385. The SMILES string of the molecule is N#CO.[Ag+].[Ag].[C-]#N. The molecule has 0 aromatic carbocycles. The van der Waals surface area contributed by atoms with Gasteiger partial charge in [-0.15, -0.1) is 0 Å². The van der Waals surface area contributed by atoms with Crippen LogP contribution in [0, 0.1) is 23.4 Å². The van der Waals surface area contributed by atoms with E-state index in [2.05, 4.69) is 0 Å². The maximum atomic E-state index is 6.88. The van der Waals surface area contributed by atoms with E-state index in [4.69, 9.17) is 22.2 Å². The molecule has 1 N–H and O–H groups in total. The predicted molar refractivity (Wildman–Crippen MR) is 12.5 cm³/mol. The Morgan fingerprint density at radius 2 is 1.43 bits per heavy atom. The van der Waals surface area contributed by atoms with E-state index in [1.54, 1.807) is 0 Å². The van der Waals surface area contributed by atoms with Gasteiger partial charge in [-0.25, -0.2) is 0 Å². The molecule has 3 nitrogen and oxygen atoms in total. The first kappa shape index (κ1) is 26.8. The van der Waals surface area contributed by atoms with Crippen molar-refractivity contribution in [1.29, 1.82) is 10.5 Å². The molecule has 0 saturated carbocycles. The van der Waals surface area contributed by atoms with Gasteiger partial charge in [-0.2, -0.15) is 5.26 Å². The Morgan fingerprint density at radius 3 is 1.43 bits per heavy atom. The molecule has 0 saturated heterocycles. The number of nitrogens with zero attached hydrogens (tertiary/aromatic N) is 2. The molecule has 0 unspecified atom stereocenters. The van der Waals surface area contributed by atoms with Crippen LogP contribution >= 0.6 is 0 Å². The Kier molecular flexibility index (Phi) is 417. The maximum Gasteiger partial charge on any atom is 1.00 e. The summed E-state index contributed by atoms with van der Waals surface area (Å²) in [6.07, 6.45) is 0.750. The van der Waals surface area contributed by atoms with Crippen molar-refractivity contribution in [2.24, 2.45) is 0 Å². The Hall–Kier alpha value is 0.261. The molecular formula is C2HAg2N2O. The van der Waals surface area contributed by atoms with Gasteiger partial charge in [-0.1, -0.05) is 0 Å². The smallest absolute Gasteiger partial charge is 0.512 e. The van der Waals surface area contributed by atoms with Crippen LogP contribution in [0.1, 0.15) is 0 Å². The fourth-order valence-corrected chi connectivity index (χ4v) is 0. The van der Waals surface area contributed by atoms with Crippen molar-refractivity contribution in [3.63, 3.8) is 0 Å². The van der Waals surface area contributed by atoms with Gasteiger partial charge >= 0.3 is 22.4 Å². The number of hydrogen-bond donors (Lipinski definition) is 1. The van der Waals surface area contributed by atoms with E-state index in [-0.39, 0.29) is 44.8 Å². The van der Waals surface area contributed by atoms with Crippen molar-refractivity contribution in [2.75, 3.05) is 0 Å². The van der Waals surface area contributed by atoms with Crippen LogP contribution < -0.4 is 0 Å². The van der Waals surface area contributed by atoms with Gasteiger partial charge < -0.3 is 16.9 Å². The first-order chi connectivity index (χ1) is 2.41. The number of aliphatic hydroxyl groups is 1. The summed E-state index contributed by atoms with van der Waals surface area (Å²) in [7, 11) is 0. The van der Waals surface area contributed by atoms with E-state index < -0.39 is 0 Å². The first-order valence-corrected chi connectivity index (χ1v) is 0.671. The standard InChI is InChI=1S/CHNO.CN.2Ag/c2-1-3;1-2;;/h3H;;;/q;-1;;+1. The van der Waals surface area contributed by atoms with E-state index >= 15 is 0 Å². The van der Waals surface area contributed by atoms with Crippen molar-refractivity contribution in [3.8, 4) is 6.26 Å². The Labute approximate surface area is 73.0 Å². The van der Waals surface area contributed by atoms with Gasteiger partial charge in [0.2, 0.25) is 0 Å². The van der Waals surface area contributed by atoms with Crippen LogP contribution in [-0.4, -0.2) is 5.11 Å². The minimum Gasteiger partial charge on any atom is -0.512 e. The number of rotatable bonds is 0. The second kappa shape index (κ2) is 109. The summed E-state index contributed by atoms with van der Waals surface area (Å²) in [5.74, 6) is 0. The number of nitriles is 1. The zero-order chi connectivity index (χ0) is 4.71. The molecule has 5 heteroatoms. The molecule has 0 amide bonds. The van der Waals surface area contributed by atoms with Crippen LogP contribution in [0.3, 0.4) is 0 Å². The topological polar surface area (TPSA) is 67.8 Å². The summed E-state index contributed by atoms with van der Waals surface area (Å²) in [6.45, 7) is 4.75. The molecule has 0 spiro atoms. The molecule has 1 radical (unpaired) electrons. The predicted octanol–water partition coefficient (Wildman–Crippen LogP) is -0.0686. The molecule has 0 aromatic heterocycles. The van der Waals surface area contributed by atoms with E-state index in [0.717, 1.165) is 6.26 Å². The van der Waals surface area contributed by atoms with Crippen LogP contribution in [0.15, 0.2) is 0 Å². The van der Waals surface area contributed by atoms with E-state index in [0.29, 0.717) is 0 Å². The van der Waals surface area contributed by atoms with Crippen LogP contribution in [0.2, 0.25) is 0 Å². The zero-order valence-electron chi connectivity index (χ0n) is 2.94. The normalized spacial score (nSPS) is 1.29. The fraction of sp³-hybridized carbons (Fsp3) is 0. The van der Waals surface area contributed by atoms with Gasteiger partial charge in [0.1, 0.15) is 0 Å². The molecule has 0 heterocycles. The average molecular weight is 285 g/mol. The van der Waals surface area contributed by atoms with Gasteiger partial charge in [0.05, 0.1) is 0 Å². The maximum absolute atomic E-state index is 6.88. The molecule has 0 aliphatic carbocycles. The van der Waals surface area contributed by atoms with Crippen molar-refractivity contribution in [1.82, 2.24) is 0 Å². The fourth-order valence-electron chi connectivity index (χ4n) is 0. The van der Waals surface area contributed by atoms with Crippen molar-refractivity contribution < 1.29 is 49.9 Å². The van der Waals surface area contributed by atoms with Crippen LogP contribution in [0.4, 0.5) is 0 Å². The molecule has 47 valence electrons. The minimum absolute atomic E-state index is 0. The summed E-state index contributed by atoms with van der Waals surface area (Å²) in [5, 5.41) is 20.0. The zero-order valence-corrected chi connectivity index (χ0v) is 5.91. The molecule has 0 aliphatic heterocycles. The van der Waals surface area contributed by atoms with Crippen LogP contribution in [0.5, 0.6) is 0 Å². The largest absolute Gasteiger partial charge is 1.00 e. The van der Waals surface area contributed by atoms with Gasteiger partial charge in [-0.05, 0) is 0 Å². The van der Waals surface area contributed by atoms with E-state index in [9.17, 15) is 0 Å². The molecule has 0 aliphatic rings. The summed E-state index contributed by atoms with van der Waals surface area (Å²) in [6, 6.07) is 0. The summed E-state index contributed by atoms with van der Waals surface area (Å²) in [4.78, 5) is 0. The van der Waals surface area contributed by atoms with Gasteiger partial charge in [0.25, 0.3) is 6.26 Å². The molecule has 0 fully saturated rings. The first-order valence-electron chi connectivity index (χ1n) is 0.671. The third-order valence-electron chi connectivity index (χ3n) is 0. The second-order valence-electron chi connectivity index (χ2n) is 0.100. The Bertz CT molecular complexity index is 56.4. The molecule has 0 aromatic rings. The summed E-state index contributed by atoms with van der Waals surface area (Å²) >= 11 is 0. The Balaban J connectivity index is -0.0000000105. The molecule has 0 atom stereocenters. The van der Waals surface area contributed by atoms with Crippen LogP contribution in [0.25, 0.3) is 0 Å². The molecular weight excluding hydrogens is 284 g/mol. The molecule has 7 heavy (non-hydrogen) atoms. The summed E-state index contributed by atoms with van der Waals surface area (Å²) < 4.78 is 0. The number of hydrogen-bond acceptors (Lipinski definition) is 3. The average Bonchev–Trinajstić information content (AvgIpc) is 1.46. The number of aliphatic hydroxyl groups excluding tert-OH is 1. The van der Waals surface area contributed by atoms with Crippen molar-refractivity contribution >= 4 is 0 Å². The minimum atomic E-state index is 0. The molecule has 0 rings (SSSR count). The van der Waals surface area contributed by atoms with Crippen LogP contribution in [-0.2, 0) is 44.8 Å². The van der Waals surface area contributed by atoms with Crippen molar-refractivity contribution in [3.05, 3.63) is 6.57 Å². The molecule has 0 bridgehead atoms. The van der Waals surface area contributed by atoms with E-state index in [1.165, 1.54) is 0 Å². The van der Waals surface area contributed by atoms with Crippen molar-refractivity contribution in [2.45, 2.75) is 0 Å².